The van der Waals surface area contributed by atoms with Gasteiger partial charge < -0.3 is 23.8 Å². The molecule has 0 heterocycles. The van der Waals surface area contributed by atoms with Gasteiger partial charge in [-0.3, -0.25) is 9.59 Å². The molecule has 8 heteroatoms. The van der Waals surface area contributed by atoms with Crippen LogP contribution in [0.5, 0.6) is 0 Å². The molecule has 0 bridgehead atoms. The van der Waals surface area contributed by atoms with Gasteiger partial charge in [0, 0.05) is 19.3 Å². The zero-order valence-corrected chi connectivity index (χ0v) is 35.9. The Balaban J connectivity index is 4.30. The van der Waals surface area contributed by atoms with Crippen LogP contribution in [0, 0.1) is 0 Å². The van der Waals surface area contributed by atoms with Gasteiger partial charge in [0.2, 0.25) is 0 Å². The van der Waals surface area contributed by atoms with Crippen LogP contribution in [0.2, 0.25) is 0 Å². The van der Waals surface area contributed by atoms with Gasteiger partial charge >= 0.3 is 17.9 Å². The Bertz CT molecular complexity index is 942. The van der Waals surface area contributed by atoms with Gasteiger partial charge in [-0.1, -0.05) is 147 Å². The lowest BCUT2D eigenvalue weighted by molar-refractivity contribution is -0.887. The zero-order chi connectivity index (χ0) is 40.0. The van der Waals surface area contributed by atoms with Gasteiger partial charge in [0.25, 0.3) is 0 Å². The molecule has 316 valence electrons. The van der Waals surface area contributed by atoms with Crippen molar-refractivity contribution in [1.29, 1.82) is 0 Å². The number of nitrogens with zero attached hydrogens (tertiary/aromatic N) is 1. The summed E-state index contributed by atoms with van der Waals surface area (Å²) in [6.45, 7) is 4.69. The Morgan fingerprint density at radius 2 is 0.944 bits per heavy atom. The molecule has 0 aliphatic carbocycles. The van der Waals surface area contributed by atoms with E-state index in [9.17, 15) is 19.5 Å². The van der Waals surface area contributed by atoms with Crippen LogP contribution in [0.1, 0.15) is 200 Å². The van der Waals surface area contributed by atoms with E-state index in [1.807, 2.05) is 21.1 Å². The molecule has 8 nitrogen and oxygen atoms in total. The fourth-order valence-corrected chi connectivity index (χ4v) is 6.54. The summed E-state index contributed by atoms with van der Waals surface area (Å²) in [6, 6.07) is -0.614. The van der Waals surface area contributed by atoms with Gasteiger partial charge in [0.1, 0.15) is 6.61 Å². The summed E-state index contributed by atoms with van der Waals surface area (Å²) in [5.41, 5.74) is 0. The molecule has 0 saturated heterocycles. The number of carboxylic acids is 1. The SMILES string of the molecule is CCCC/C=C/CCCCCCCC(=O)OCC(COCCC(C(=O)O)[N+](C)(C)C)OC(=O)CCCCCCCCC/C=C/CCCCCCCCCC. The summed E-state index contributed by atoms with van der Waals surface area (Å²) >= 11 is 0. The quantitative estimate of drug-likeness (QED) is 0.0287. The highest BCUT2D eigenvalue weighted by molar-refractivity contribution is 5.72. The van der Waals surface area contributed by atoms with Crippen molar-refractivity contribution in [3.05, 3.63) is 24.3 Å². The van der Waals surface area contributed by atoms with Crippen molar-refractivity contribution in [2.75, 3.05) is 41.0 Å². The second-order valence-corrected chi connectivity index (χ2v) is 16.3. The van der Waals surface area contributed by atoms with Crippen LogP contribution in [0.25, 0.3) is 0 Å². The third-order valence-corrected chi connectivity index (χ3v) is 10.1. The lowest BCUT2D eigenvalue weighted by Crippen LogP contribution is -2.50. The number of rotatable bonds is 40. The van der Waals surface area contributed by atoms with E-state index >= 15 is 0 Å². The highest BCUT2D eigenvalue weighted by atomic mass is 16.6. The largest absolute Gasteiger partial charge is 0.477 e. The fourth-order valence-electron chi connectivity index (χ4n) is 6.54. The molecular formula is C46H86NO7+. The number of carboxylic acid groups (broad SMARTS) is 1. The minimum atomic E-state index is -0.876. The number of hydrogen-bond donors (Lipinski definition) is 1. The number of quaternary nitrogens is 1. The third-order valence-electron chi connectivity index (χ3n) is 10.1. The molecule has 0 aromatic heterocycles. The van der Waals surface area contributed by atoms with Crippen LogP contribution < -0.4 is 0 Å². The van der Waals surface area contributed by atoms with E-state index in [-0.39, 0.29) is 36.2 Å². The average Bonchev–Trinajstić information content (AvgIpc) is 3.12. The molecule has 0 spiro atoms. The second-order valence-electron chi connectivity index (χ2n) is 16.3. The first-order valence-electron chi connectivity index (χ1n) is 22.4. The molecule has 1 N–H and O–H groups in total. The molecule has 0 fully saturated rings. The Labute approximate surface area is 332 Å². The monoisotopic (exact) mass is 765 g/mol. The number of allylic oxidation sites excluding steroid dienone is 4. The van der Waals surface area contributed by atoms with Crippen LogP contribution in [0.4, 0.5) is 0 Å². The predicted octanol–water partition coefficient (Wildman–Crippen LogP) is 12.1. The van der Waals surface area contributed by atoms with E-state index in [0.717, 1.165) is 51.4 Å². The molecule has 54 heavy (non-hydrogen) atoms. The predicted molar refractivity (Wildman–Crippen MR) is 225 cm³/mol. The van der Waals surface area contributed by atoms with Crippen LogP contribution in [0.15, 0.2) is 24.3 Å². The molecule has 0 saturated carbocycles. The van der Waals surface area contributed by atoms with Crippen LogP contribution in [0.3, 0.4) is 0 Å². The van der Waals surface area contributed by atoms with E-state index in [2.05, 4.69) is 38.2 Å². The Hall–Kier alpha value is -2.19. The molecule has 0 aliphatic rings. The first-order valence-corrected chi connectivity index (χ1v) is 22.4. The number of esters is 2. The Kier molecular flexibility index (Phi) is 36.2. The third kappa shape index (κ3) is 35.5. The highest BCUT2D eigenvalue weighted by Crippen LogP contribution is 2.14. The van der Waals surface area contributed by atoms with Crippen molar-refractivity contribution in [1.82, 2.24) is 0 Å². The van der Waals surface area contributed by atoms with Crippen molar-refractivity contribution in [3.8, 4) is 0 Å². The molecule has 0 aromatic rings. The minimum Gasteiger partial charge on any atom is -0.477 e. The van der Waals surface area contributed by atoms with Gasteiger partial charge in [-0.15, -0.1) is 0 Å². The maximum absolute atomic E-state index is 12.7. The normalized spacial score (nSPS) is 13.1. The topological polar surface area (TPSA) is 99.1 Å². The van der Waals surface area contributed by atoms with Crippen molar-refractivity contribution in [2.24, 2.45) is 0 Å². The van der Waals surface area contributed by atoms with Crippen molar-refractivity contribution < 1.29 is 38.2 Å². The van der Waals surface area contributed by atoms with Crippen LogP contribution in [-0.4, -0.2) is 80.6 Å². The van der Waals surface area contributed by atoms with Crippen molar-refractivity contribution in [2.45, 2.75) is 212 Å². The van der Waals surface area contributed by atoms with Crippen LogP contribution in [-0.2, 0) is 28.6 Å². The number of hydrogen-bond acceptors (Lipinski definition) is 6. The number of unbranched alkanes of at least 4 members (excludes halogenated alkanes) is 22. The van der Waals surface area contributed by atoms with Gasteiger partial charge in [-0.2, -0.15) is 0 Å². The summed E-state index contributed by atoms with van der Waals surface area (Å²) in [4.78, 5) is 36.9. The molecule has 2 unspecified atom stereocenters. The summed E-state index contributed by atoms with van der Waals surface area (Å²) in [5, 5.41) is 9.61. The summed E-state index contributed by atoms with van der Waals surface area (Å²) < 4.78 is 17.3. The number of carbonyl (C=O) groups excluding carboxylic acids is 2. The van der Waals surface area contributed by atoms with Gasteiger partial charge in [-0.25, -0.2) is 4.79 Å². The molecule has 0 amide bonds. The van der Waals surface area contributed by atoms with Crippen LogP contribution >= 0.6 is 0 Å². The van der Waals surface area contributed by atoms with Gasteiger partial charge in [0.05, 0.1) is 34.4 Å². The van der Waals surface area contributed by atoms with E-state index in [4.69, 9.17) is 14.2 Å². The highest BCUT2D eigenvalue weighted by Gasteiger charge is 2.31. The minimum absolute atomic E-state index is 0.0545. The van der Waals surface area contributed by atoms with Gasteiger partial charge in [0.15, 0.2) is 12.1 Å². The van der Waals surface area contributed by atoms with E-state index in [1.165, 1.54) is 116 Å². The lowest BCUT2D eigenvalue weighted by atomic mass is 10.1. The molecule has 0 rings (SSSR count). The lowest BCUT2D eigenvalue weighted by Gasteiger charge is -2.31. The first-order chi connectivity index (χ1) is 26.1. The molecule has 0 radical (unpaired) electrons. The van der Waals surface area contributed by atoms with E-state index in [0.29, 0.717) is 19.3 Å². The summed E-state index contributed by atoms with van der Waals surface area (Å²) in [7, 11) is 5.52. The van der Waals surface area contributed by atoms with Crippen molar-refractivity contribution >= 4 is 17.9 Å². The fraction of sp³-hybridized carbons (Fsp3) is 0.848. The maximum Gasteiger partial charge on any atom is 0.362 e. The molecular weight excluding hydrogens is 679 g/mol. The number of likely N-dealkylation sites (N-methyl/N-ethyl adjacent to an activating group) is 1. The van der Waals surface area contributed by atoms with Crippen molar-refractivity contribution in [3.63, 3.8) is 0 Å². The Morgan fingerprint density at radius 1 is 0.537 bits per heavy atom. The molecule has 0 aliphatic heterocycles. The maximum atomic E-state index is 12.7. The number of carbonyl (C=O) groups is 3. The smallest absolute Gasteiger partial charge is 0.362 e. The summed E-state index contributed by atoms with van der Waals surface area (Å²) in [6.07, 6.45) is 40.8. The standard InChI is InChI=1S/C46H85NO7/c1-6-8-10-12-14-16-18-19-20-21-22-23-24-25-27-29-31-33-35-37-45(49)54-42(40-52-39-38-43(46(50)51)47(3,4)5)41-53-44(48)36-34-32-30-28-26-17-15-13-11-9-7-2/h13,15,21-22,42-43H,6-12,14,16-20,23-41H2,1-5H3/p+1/b15-13+,22-21+. The molecule has 2 atom stereocenters. The molecule has 0 aromatic carbocycles. The first kappa shape index (κ1) is 51.8. The van der Waals surface area contributed by atoms with E-state index in [1.54, 1.807) is 0 Å². The van der Waals surface area contributed by atoms with E-state index < -0.39 is 18.1 Å². The zero-order valence-electron chi connectivity index (χ0n) is 35.9. The Morgan fingerprint density at radius 3 is 1.39 bits per heavy atom. The van der Waals surface area contributed by atoms with Gasteiger partial charge in [-0.05, 0) is 57.8 Å². The number of aliphatic carboxylic acids is 1. The second kappa shape index (κ2) is 37.7. The summed E-state index contributed by atoms with van der Waals surface area (Å²) in [5.74, 6) is -1.48. The number of ether oxygens (including phenoxy) is 3. The average molecular weight is 765 g/mol.